The van der Waals surface area contributed by atoms with Crippen LogP contribution in [0.4, 0.5) is 10.3 Å². The minimum absolute atomic E-state index is 0.197. The van der Waals surface area contributed by atoms with Crippen molar-refractivity contribution < 1.29 is 13.9 Å². The summed E-state index contributed by atoms with van der Waals surface area (Å²) in [5, 5.41) is 0. The van der Waals surface area contributed by atoms with E-state index >= 15 is 0 Å². The molecule has 30 heavy (non-hydrogen) atoms. The average molecular weight is 409 g/mol. The highest BCUT2D eigenvalue weighted by molar-refractivity contribution is 6.01. The van der Waals surface area contributed by atoms with Gasteiger partial charge in [-0.05, 0) is 30.7 Å². The minimum atomic E-state index is -0.793. The molecule has 0 spiro atoms. The molecule has 1 unspecified atom stereocenters. The number of aryl methyl sites for hydroxylation is 1. The molecule has 4 rings (SSSR count). The third-order valence-electron chi connectivity index (χ3n) is 5.06. The van der Waals surface area contributed by atoms with Crippen LogP contribution in [0, 0.1) is 12.7 Å². The molecule has 1 saturated heterocycles. The molecule has 3 aromatic rings. The van der Waals surface area contributed by atoms with Crippen molar-refractivity contribution in [1.29, 1.82) is 0 Å². The van der Waals surface area contributed by atoms with Crippen LogP contribution in [-0.4, -0.2) is 51.1 Å². The van der Waals surface area contributed by atoms with Crippen molar-refractivity contribution in [3.63, 3.8) is 0 Å². The molecule has 1 aliphatic heterocycles. The Hall–Kier alpha value is -3.46. The summed E-state index contributed by atoms with van der Waals surface area (Å²) in [7, 11) is 1.62. The van der Waals surface area contributed by atoms with Crippen LogP contribution < -0.4 is 10.5 Å². The Labute approximate surface area is 172 Å². The summed E-state index contributed by atoms with van der Waals surface area (Å²) in [6.45, 7) is 2.68. The summed E-state index contributed by atoms with van der Waals surface area (Å²) < 4.78 is 20.8. The van der Waals surface area contributed by atoms with Crippen LogP contribution in [0.5, 0.6) is 0 Å². The molecule has 1 aliphatic rings. The largest absolute Gasteiger partial charge is 0.366 e. The fraction of sp³-hybridized carbons (Fsp3) is 0.286. The molecule has 0 aliphatic carbocycles. The third-order valence-corrected chi connectivity index (χ3v) is 5.06. The molecule has 154 valence electrons. The lowest BCUT2D eigenvalue weighted by Gasteiger charge is -2.33. The van der Waals surface area contributed by atoms with Crippen LogP contribution in [0.2, 0.25) is 0 Å². The van der Waals surface area contributed by atoms with Crippen LogP contribution in [0.15, 0.2) is 47.7 Å². The van der Waals surface area contributed by atoms with Gasteiger partial charge in [-0.3, -0.25) is 14.2 Å². The molecule has 1 atom stereocenters. The number of benzene rings is 1. The lowest BCUT2D eigenvalue weighted by atomic mass is 10.00. The number of Topliss-reactive ketones (excluding diaryl/α,β-unsaturated/α-hetero) is 1. The van der Waals surface area contributed by atoms with Gasteiger partial charge < -0.3 is 9.64 Å². The number of carbonyl (C=O) groups excluding carboxylic acids is 1. The van der Waals surface area contributed by atoms with Crippen LogP contribution in [-0.2, 0) is 11.8 Å². The monoisotopic (exact) mass is 409 g/mol. The Balaban J connectivity index is 1.65. The molecule has 0 amide bonds. The quantitative estimate of drug-likeness (QED) is 0.607. The van der Waals surface area contributed by atoms with Gasteiger partial charge in [0.15, 0.2) is 5.78 Å². The van der Waals surface area contributed by atoms with Crippen LogP contribution in [0.1, 0.15) is 15.9 Å². The van der Waals surface area contributed by atoms with Crippen molar-refractivity contribution in [3.8, 4) is 11.4 Å². The van der Waals surface area contributed by atoms with Gasteiger partial charge in [0.25, 0.3) is 5.56 Å². The van der Waals surface area contributed by atoms with E-state index in [1.165, 1.54) is 29.1 Å². The van der Waals surface area contributed by atoms with Gasteiger partial charge >= 0.3 is 0 Å². The molecule has 2 aromatic heterocycles. The average Bonchev–Trinajstić information content (AvgIpc) is 2.77. The van der Waals surface area contributed by atoms with Gasteiger partial charge in [-0.2, -0.15) is 0 Å². The fourth-order valence-electron chi connectivity index (χ4n) is 3.41. The van der Waals surface area contributed by atoms with Gasteiger partial charge in [-0.25, -0.2) is 19.3 Å². The predicted molar refractivity (Wildman–Crippen MR) is 108 cm³/mol. The van der Waals surface area contributed by atoms with Crippen molar-refractivity contribution in [2.24, 2.45) is 7.05 Å². The molecule has 0 bridgehead atoms. The highest BCUT2D eigenvalue weighted by atomic mass is 19.1. The van der Waals surface area contributed by atoms with Crippen LogP contribution in [0.3, 0.4) is 0 Å². The number of morpholine rings is 1. The maximum Gasteiger partial charge on any atom is 0.255 e. The van der Waals surface area contributed by atoms with Gasteiger partial charge in [-0.1, -0.05) is 6.07 Å². The summed E-state index contributed by atoms with van der Waals surface area (Å²) in [6.07, 6.45) is 2.17. The second-order valence-electron chi connectivity index (χ2n) is 7.06. The van der Waals surface area contributed by atoms with Gasteiger partial charge in [0.2, 0.25) is 5.95 Å². The molecule has 0 N–H and O–H groups in total. The van der Waals surface area contributed by atoms with Crippen molar-refractivity contribution in [2.45, 2.75) is 13.0 Å². The second-order valence-corrected chi connectivity index (χ2v) is 7.06. The maximum atomic E-state index is 13.7. The van der Waals surface area contributed by atoms with Crippen LogP contribution in [0.25, 0.3) is 11.4 Å². The molecule has 9 heteroatoms. The van der Waals surface area contributed by atoms with E-state index in [1.54, 1.807) is 32.3 Å². The Morgan fingerprint density at radius 3 is 2.83 bits per heavy atom. The lowest BCUT2D eigenvalue weighted by Crippen LogP contribution is -2.48. The number of carbonyl (C=O) groups is 1. The van der Waals surface area contributed by atoms with Crippen molar-refractivity contribution in [2.75, 3.05) is 24.6 Å². The Bertz CT molecular complexity index is 1150. The van der Waals surface area contributed by atoms with E-state index in [9.17, 15) is 14.0 Å². The van der Waals surface area contributed by atoms with E-state index < -0.39 is 11.9 Å². The fourth-order valence-corrected chi connectivity index (χ4v) is 3.41. The summed E-state index contributed by atoms with van der Waals surface area (Å²) >= 11 is 0. The van der Waals surface area contributed by atoms with Gasteiger partial charge in [0, 0.05) is 31.4 Å². The lowest BCUT2D eigenvalue weighted by molar-refractivity contribution is 0.0336. The Morgan fingerprint density at radius 2 is 2.07 bits per heavy atom. The van der Waals surface area contributed by atoms with E-state index in [-0.39, 0.29) is 24.5 Å². The molecular formula is C21H20FN5O3. The number of halogens is 1. The van der Waals surface area contributed by atoms with E-state index in [4.69, 9.17) is 4.74 Å². The number of aromatic nitrogens is 4. The van der Waals surface area contributed by atoms with E-state index in [1.807, 2.05) is 4.90 Å². The predicted octanol–water partition coefficient (Wildman–Crippen LogP) is 1.77. The SMILES string of the molecule is Cc1ccc(F)cc1C(=O)C1CN(c2nc(-c3ccncn3)cc(=O)n2C)CCO1. The molecule has 3 heterocycles. The third kappa shape index (κ3) is 3.84. The van der Waals surface area contributed by atoms with Gasteiger partial charge in [-0.15, -0.1) is 0 Å². The number of hydrogen-bond acceptors (Lipinski definition) is 7. The topological polar surface area (TPSA) is 90.2 Å². The molecule has 0 saturated carbocycles. The van der Waals surface area contributed by atoms with Gasteiger partial charge in [0.1, 0.15) is 18.2 Å². The number of rotatable bonds is 4. The Kier molecular flexibility index (Phi) is 5.37. The highest BCUT2D eigenvalue weighted by Crippen LogP contribution is 2.21. The zero-order valence-corrected chi connectivity index (χ0v) is 16.6. The number of nitrogens with zero attached hydrogens (tertiary/aromatic N) is 5. The number of ether oxygens (including phenoxy) is 1. The first-order valence-corrected chi connectivity index (χ1v) is 9.45. The summed E-state index contributed by atoms with van der Waals surface area (Å²) in [5.74, 6) is -0.361. The Morgan fingerprint density at radius 1 is 1.23 bits per heavy atom. The standard InChI is InChI=1S/C21H20FN5O3/c1-13-3-4-14(22)9-15(13)20(29)18-11-27(7-8-30-18)21-25-17(10-19(28)26(21)2)16-5-6-23-12-24-16/h3-6,9-10,12,18H,7-8,11H2,1-2H3. The number of ketones is 1. The van der Waals surface area contributed by atoms with Crippen molar-refractivity contribution >= 4 is 11.7 Å². The number of hydrogen-bond donors (Lipinski definition) is 0. The van der Waals surface area contributed by atoms with E-state index in [0.29, 0.717) is 35.0 Å². The molecular weight excluding hydrogens is 389 g/mol. The molecule has 0 radical (unpaired) electrons. The van der Waals surface area contributed by atoms with Crippen molar-refractivity contribution in [3.05, 3.63) is 70.2 Å². The second kappa shape index (κ2) is 8.11. The molecule has 1 fully saturated rings. The summed E-state index contributed by atoms with van der Waals surface area (Å²) in [5.41, 5.74) is 1.67. The first-order chi connectivity index (χ1) is 14.4. The zero-order valence-electron chi connectivity index (χ0n) is 16.6. The maximum absolute atomic E-state index is 13.7. The number of anilines is 1. The van der Waals surface area contributed by atoms with Crippen LogP contribution >= 0.6 is 0 Å². The van der Waals surface area contributed by atoms with Crippen molar-refractivity contribution in [1.82, 2.24) is 19.5 Å². The first kappa shape index (κ1) is 19.8. The molecule has 8 nitrogen and oxygen atoms in total. The minimum Gasteiger partial charge on any atom is -0.366 e. The van der Waals surface area contributed by atoms with E-state index in [2.05, 4.69) is 15.0 Å². The zero-order chi connectivity index (χ0) is 21.3. The normalized spacial score (nSPS) is 16.5. The highest BCUT2D eigenvalue weighted by Gasteiger charge is 2.30. The smallest absolute Gasteiger partial charge is 0.255 e. The van der Waals surface area contributed by atoms with E-state index in [0.717, 1.165) is 0 Å². The summed E-state index contributed by atoms with van der Waals surface area (Å²) in [6, 6.07) is 7.19. The summed E-state index contributed by atoms with van der Waals surface area (Å²) in [4.78, 5) is 39.9. The van der Waals surface area contributed by atoms with Gasteiger partial charge in [0.05, 0.1) is 24.5 Å². The first-order valence-electron chi connectivity index (χ1n) is 9.45. The molecule has 1 aromatic carbocycles.